The molecule has 4 heterocycles. The third-order valence-electron chi connectivity index (χ3n) is 7.05. The minimum absolute atomic E-state index is 0.0255. The molecule has 12 heteroatoms. The third kappa shape index (κ3) is 5.02. The van der Waals surface area contributed by atoms with E-state index in [0.29, 0.717) is 62.9 Å². The van der Waals surface area contributed by atoms with Crippen molar-refractivity contribution in [3.8, 4) is 0 Å². The Kier molecular flexibility index (Phi) is 6.84. The lowest BCUT2D eigenvalue weighted by Gasteiger charge is -2.37. The molecule has 3 aliphatic heterocycles. The Balaban J connectivity index is 1.27. The van der Waals surface area contributed by atoms with Crippen LogP contribution in [0.4, 0.5) is 13.2 Å². The van der Waals surface area contributed by atoms with Crippen LogP contribution >= 0.6 is 0 Å². The standard InChI is InChI=1S/C24H28F3N5O4/c1-15-11-20-18(21-19(22(33)29-20)13-28-32(21)16-3-10-35-14-16)12-17(15)23(34)31-7-5-30(6-8-31)4-2-9-36-24(25,26)27/h11-13,16-17H,2-10,14H2,1H3/t16-,17?/m0/s1. The van der Waals surface area contributed by atoms with Gasteiger partial charge in [0.1, 0.15) is 0 Å². The largest absolute Gasteiger partial charge is 0.522 e. The van der Waals surface area contributed by atoms with Gasteiger partial charge in [0.05, 0.1) is 48.3 Å². The molecule has 0 radical (unpaired) electrons. The summed E-state index contributed by atoms with van der Waals surface area (Å²) in [5, 5.41) is 4.46. The van der Waals surface area contributed by atoms with Crippen molar-refractivity contribution < 1.29 is 32.2 Å². The van der Waals surface area contributed by atoms with Crippen LogP contribution in [0.5, 0.6) is 0 Å². The van der Waals surface area contributed by atoms with Crippen molar-refractivity contribution in [2.45, 2.75) is 32.2 Å². The van der Waals surface area contributed by atoms with Crippen LogP contribution in [0.25, 0.3) is 5.57 Å². The number of carbonyl (C=O) groups is 2. The number of ether oxygens (including phenoxy) is 2. The maximum Gasteiger partial charge on any atom is 0.522 e. The van der Waals surface area contributed by atoms with E-state index >= 15 is 0 Å². The number of aliphatic imine (C=N–C) groups is 1. The maximum atomic E-state index is 13.5. The minimum Gasteiger partial charge on any atom is -0.379 e. The van der Waals surface area contributed by atoms with E-state index in [-0.39, 0.29) is 30.9 Å². The molecule has 0 spiro atoms. The number of nitrogens with zero attached hydrogens (tertiary/aromatic N) is 5. The number of carbonyl (C=O) groups excluding carboxylic acids is 2. The molecule has 36 heavy (non-hydrogen) atoms. The number of amides is 2. The molecule has 2 amide bonds. The van der Waals surface area contributed by atoms with Crippen LogP contribution in [0.3, 0.4) is 0 Å². The van der Waals surface area contributed by atoms with Crippen molar-refractivity contribution in [2.24, 2.45) is 10.9 Å². The molecule has 1 aromatic rings. The molecule has 0 aromatic carbocycles. The topological polar surface area (TPSA) is 89.3 Å². The molecule has 194 valence electrons. The number of piperazine rings is 1. The molecule has 0 saturated carbocycles. The first-order valence-corrected chi connectivity index (χ1v) is 12.1. The molecule has 1 aliphatic carbocycles. The van der Waals surface area contributed by atoms with Crippen molar-refractivity contribution in [3.05, 3.63) is 35.2 Å². The maximum absolute atomic E-state index is 13.5. The van der Waals surface area contributed by atoms with Crippen LogP contribution in [0.2, 0.25) is 0 Å². The fraction of sp³-hybridized carbons (Fsp3) is 0.583. The van der Waals surface area contributed by atoms with E-state index in [9.17, 15) is 22.8 Å². The van der Waals surface area contributed by atoms with E-state index in [2.05, 4.69) is 14.8 Å². The SMILES string of the molecule is CC1=CC2=NC(=O)c3cnn([C@H]4CCOC4)c3C2=CC1C(=O)N1CCN(CCCOC(F)(F)F)CC1. The molecule has 9 nitrogen and oxygen atoms in total. The molecular formula is C24H28F3N5O4. The zero-order valence-electron chi connectivity index (χ0n) is 20.0. The number of halogens is 3. The molecule has 2 saturated heterocycles. The number of alkyl halides is 3. The van der Waals surface area contributed by atoms with Gasteiger partial charge in [-0.1, -0.05) is 11.6 Å². The van der Waals surface area contributed by atoms with Crippen LogP contribution < -0.4 is 0 Å². The highest BCUT2D eigenvalue weighted by molar-refractivity contribution is 6.36. The van der Waals surface area contributed by atoms with Crippen molar-refractivity contribution in [3.63, 3.8) is 0 Å². The highest BCUT2D eigenvalue weighted by Gasteiger charge is 2.37. The summed E-state index contributed by atoms with van der Waals surface area (Å²) in [6.45, 7) is 5.28. The van der Waals surface area contributed by atoms with Gasteiger partial charge in [-0.15, -0.1) is 13.2 Å². The minimum atomic E-state index is -4.61. The summed E-state index contributed by atoms with van der Waals surface area (Å²) < 4.78 is 47.6. The summed E-state index contributed by atoms with van der Waals surface area (Å²) in [7, 11) is 0. The lowest BCUT2D eigenvalue weighted by atomic mass is 9.84. The molecular weight excluding hydrogens is 479 g/mol. The first kappa shape index (κ1) is 24.8. The second-order valence-corrected chi connectivity index (χ2v) is 9.43. The van der Waals surface area contributed by atoms with Gasteiger partial charge in [-0.2, -0.15) is 5.10 Å². The average molecular weight is 508 g/mol. The summed E-state index contributed by atoms with van der Waals surface area (Å²) in [6, 6.07) is 0.0255. The predicted molar refractivity (Wildman–Crippen MR) is 123 cm³/mol. The van der Waals surface area contributed by atoms with Gasteiger partial charge in [0.15, 0.2) is 0 Å². The van der Waals surface area contributed by atoms with Gasteiger partial charge in [-0.25, -0.2) is 4.99 Å². The van der Waals surface area contributed by atoms with Crippen molar-refractivity contribution in [2.75, 3.05) is 52.5 Å². The molecule has 5 rings (SSSR count). The van der Waals surface area contributed by atoms with E-state index in [1.807, 2.05) is 22.6 Å². The number of hydrogen-bond acceptors (Lipinski definition) is 6. The Bertz CT molecular complexity index is 1130. The molecule has 4 aliphatic rings. The molecule has 1 unspecified atom stereocenters. The van der Waals surface area contributed by atoms with E-state index in [1.165, 1.54) is 6.20 Å². The first-order chi connectivity index (χ1) is 17.2. The van der Waals surface area contributed by atoms with Gasteiger partial charge in [0, 0.05) is 44.9 Å². The monoisotopic (exact) mass is 507 g/mol. The van der Waals surface area contributed by atoms with E-state index in [1.54, 1.807) is 11.0 Å². The van der Waals surface area contributed by atoms with Crippen LogP contribution in [0.15, 0.2) is 28.9 Å². The summed E-state index contributed by atoms with van der Waals surface area (Å²) in [5.74, 6) is -0.869. The van der Waals surface area contributed by atoms with E-state index in [4.69, 9.17) is 4.74 Å². The summed E-state index contributed by atoms with van der Waals surface area (Å²) in [6.07, 6.45) is 1.69. The molecule has 2 fully saturated rings. The number of aromatic nitrogens is 2. The Morgan fingerprint density at radius 2 is 2.03 bits per heavy atom. The number of allylic oxidation sites excluding steroid dienone is 2. The fourth-order valence-corrected chi connectivity index (χ4v) is 5.14. The summed E-state index contributed by atoms with van der Waals surface area (Å²) in [5.41, 5.74) is 3.20. The van der Waals surface area contributed by atoms with E-state index < -0.39 is 12.3 Å². The Labute approximate surface area is 206 Å². The Hall–Kier alpha value is -2.83. The van der Waals surface area contributed by atoms with Gasteiger partial charge in [0.2, 0.25) is 5.91 Å². The lowest BCUT2D eigenvalue weighted by Crippen LogP contribution is -2.50. The summed E-state index contributed by atoms with van der Waals surface area (Å²) >= 11 is 0. The Morgan fingerprint density at radius 1 is 1.25 bits per heavy atom. The van der Waals surface area contributed by atoms with E-state index in [0.717, 1.165) is 17.6 Å². The lowest BCUT2D eigenvalue weighted by molar-refractivity contribution is -0.324. The average Bonchev–Trinajstić information content (AvgIpc) is 3.51. The molecule has 0 N–H and O–H groups in total. The zero-order valence-corrected chi connectivity index (χ0v) is 20.0. The highest BCUT2D eigenvalue weighted by Crippen LogP contribution is 2.36. The fourth-order valence-electron chi connectivity index (χ4n) is 5.14. The first-order valence-electron chi connectivity index (χ1n) is 12.1. The molecule has 0 bridgehead atoms. The van der Waals surface area contributed by atoms with Crippen molar-refractivity contribution in [1.82, 2.24) is 19.6 Å². The highest BCUT2D eigenvalue weighted by atomic mass is 19.4. The molecule has 1 aromatic heterocycles. The predicted octanol–water partition coefficient (Wildman–Crippen LogP) is 2.47. The van der Waals surface area contributed by atoms with Crippen molar-refractivity contribution >= 4 is 23.1 Å². The number of rotatable bonds is 6. The Morgan fingerprint density at radius 3 is 2.72 bits per heavy atom. The van der Waals surface area contributed by atoms with Gasteiger partial charge in [-0.05, 0) is 25.8 Å². The number of fused-ring (bicyclic) bond motifs is 3. The van der Waals surface area contributed by atoms with Gasteiger partial charge >= 0.3 is 6.36 Å². The van der Waals surface area contributed by atoms with Crippen LogP contribution in [-0.4, -0.2) is 96.0 Å². The van der Waals surface area contributed by atoms with Gasteiger partial charge in [0.25, 0.3) is 5.91 Å². The third-order valence-corrected chi connectivity index (χ3v) is 7.05. The van der Waals surface area contributed by atoms with Gasteiger partial charge < -0.3 is 9.64 Å². The smallest absolute Gasteiger partial charge is 0.379 e. The second kappa shape index (κ2) is 9.91. The molecule has 2 atom stereocenters. The normalized spacial score (nSPS) is 24.7. The number of hydrogen-bond donors (Lipinski definition) is 0. The summed E-state index contributed by atoms with van der Waals surface area (Å²) in [4.78, 5) is 34.2. The zero-order chi connectivity index (χ0) is 25.4. The van der Waals surface area contributed by atoms with Crippen LogP contribution in [0.1, 0.15) is 41.9 Å². The van der Waals surface area contributed by atoms with Crippen LogP contribution in [-0.2, 0) is 14.3 Å². The quantitative estimate of drug-likeness (QED) is 0.550. The second-order valence-electron chi connectivity index (χ2n) is 9.43. The van der Waals surface area contributed by atoms with Crippen LogP contribution in [0, 0.1) is 5.92 Å². The van der Waals surface area contributed by atoms with Gasteiger partial charge in [-0.3, -0.25) is 23.9 Å². The van der Waals surface area contributed by atoms with Crippen molar-refractivity contribution in [1.29, 1.82) is 0 Å².